The summed E-state index contributed by atoms with van der Waals surface area (Å²) in [5.74, 6) is -0.495. The number of hydrogen-bond acceptors (Lipinski definition) is 2. The quantitative estimate of drug-likeness (QED) is 0.745. The number of rotatable bonds is 3. The molecule has 2 nitrogen and oxygen atoms in total. The first-order valence-corrected chi connectivity index (χ1v) is 6.83. The van der Waals surface area contributed by atoms with Gasteiger partial charge in [0, 0.05) is 5.02 Å². The third kappa shape index (κ3) is 4.55. The first kappa shape index (κ1) is 18.4. The van der Waals surface area contributed by atoms with Crippen molar-refractivity contribution in [2.75, 3.05) is 0 Å². The summed E-state index contributed by atoms with van der Waals surface area (Å²) in [6.07, 6.45) is -9.53. The molecule has 0 heterocycles. The molecule has 0 aliphatic carbocycles. The van der Waals surface area contributed by atoms with E-state index in [1.54, 1.807) is 0 Å². The van der Waals surface area contributed by atoms with Crippen molar-refractivity contribution in [3.8, 4) is 5.75 Å². The van der Waals surface area contributed by atoms with Crippen LogP contribution in [0.15, 0.2) is 42.5 Å². The van der Waals surface area contributed by atoms with E-state index in [1.165, 1.54) is 18.2 Å². The van der Waals surface area contributed by atoms with Crippen LogP contribution in [0.25, 0.3) is 0 Å². The van der Waals surface area contributed by atoms with Crippen molar-refractivity contribution in [1.82, 2.24) is 0 Å². The lowest BCUT2D eigenvalue weighted by Gasteiger charge is -2.19. The maximum Gasteiger partial charge on any atom is 0.573 e. The Kier molecular flexibility index (Phi) is 5.00. The zero-order chi connectivity index (χ0) is 18.1. The average Bonchev–Trinajstić information content (AvgIpc) is 2.44. The molecule has 0 aliphatic rings. The van der Waals surface area contributed by atoms with Crippen LogP contribution in [-0.2, 0) is 6.18 Å². The monoisotopic (exact) mass is 369 g/mol. The highest BCUT2D eigenvalue weighted by Gasteiger charge is 2.35. The summed E-state index contributed by atoms with van der Waals surface area (Å²) < 4.78 is 79.3. The van der Waals surface area contributed by atoms with Gasteiger partial charge in [-0.3, -0.25) is 0 Å². The molecule has 2 aromatic carbocycles. The van der Waals surface area contributed by atoms with Gasteiger partial charge in [-0.05, 0) is 35.4 Å². The molecule has 0 aliphatic heterocycles. The third-order valence-corrected chi connectivity index (χ3v) is 3.36. The maximum absolute atomic E-state index is 13.1. The van der Waals surface area contributed by atoms with Gasteiger partial charge in [-0.15, -0.1) is 13.2 Å². The minimum absolute atomic E-state index is 0.104. The van der Waals surface area contributed by atoms with E-state index < -0.39 is 29.9 Å². The van der Waals surface area contributed by atoms with Gasteiger partial charge in [0.05, 0.1) is 11.6 Å². The summed E-state index contributed by atoms with van der Waals surface area (Å²) in [6.45, 7) is 0. The van der Waals surface area contributed by atoms with E-state index in [0.29, 0.717) is 0 Å². The second-order valence-electron chi connectivity index (χ2n) is 4.82. The molecule has 0 aromatic heterocycles. The Morgan fingerprint density at radius 1 is 0.917 bits per heavy atom. The zero-order valence-electron chi connectivity index (χ0n) is 11.8. The number of halogens is 7. The highest BCUT2D eigenvalue weighted by Crippen LogP contribution is 2.37. The van der Waals surface area contributed by atoms with Crippen LogP contribution in [0.4, 0.5) is 26.3 Å². The molecule has 0 bridgehead atoms. The Hall–Kier alpha value is -1.93. The highest BCUT2D eigenvalue weighted by molar-refractivity contribution is 6.30. The molecule has 2 rings (SSSR count). The van der Waals surface area contributed by atoms with Gasteiger partial charge < -0.3 is 10.5 Å². The van der Waals surface area contributed by atoms with Gasteiger partial charge in [0.2, 0.25) is 0 Å². The summed E-state index contributed by atoms with van der Waals surface area (Å²) in [6, 6.07) is 6.23. The molecule has 2 aromatic rings. The van der Waals surface area contributed by atoms with Gasteiger partial charge in [0.1, 0.15) is 5.75 Å². The van der Waals surface area contributed by atoms with Crippen LogP contribution in [0.3, 0.4) is 0 Å². The molecule has 2 N–H and O–H groups in total. The van der Waals surface area contributed by atoms with Crippen LogP contribution in [0, 0.1) is 0 Å². The Morgan fingerprint density at radius 2 is 1.50 bits per heavy atom. The molecule has 24 heavy (non-hydrogen) atoms. The second-order valence-corrected chi connectivity index (χ2v) is 5.26. The van der Waals surface area contributed by atoms with E-state index in [9.17, 15) is 26.3 Å². The van der Waals surface area contributed by atoms with Crippen LogP contribution in [0.5, 0.6) is 5.75 Å². The fourth-order valence-corrected chi connectivity index (χ4v) is 2.27. The maximum atomic E-state index is 13.1. The molecule has 0 saturated carbocycles. The molecule has 0 saturated heterocycles. The Labute approximate surface area is 137 Å². The van der Waals surface area contributed by atoms with Gasteiger partial charge in [0.15, 0.2) is 0 Å². The third-order valence-electron chi connectivity index (χ3n) is 3.13. The Bertz CT molecular complexity index is 711. The SMILES string of the molecule is N[C@@H](c1ccc(OC(F)(F)F)cc1)c1ccc(Cl)cc1C(F)(F)F. The summed E-state index contributed by atoms with van der Waals surface area (Å²) in [5, 5.41) is -0.104. The van der Waals surface area contributed by atoms with Crippen molar-refractivity contribution in [3.05, 3.63) is 64.2 Å². The van der Waals surface area contributed by atoms with Crippen LogP contribution in [-0.4, -0.2) is 6.36 Å². The van der Waals surface area contributed by atoms with Crippen LogP contribution < -0.4 is 10.5 Å². The van der Waals surface area contributed by atoms with E-state index >= 15 is 0 Å². The highest BCUT2D eigenvalue weighted by atomic mass is 35.5. The predicted octanol–water partition coefficient (Wildman–Crippen LogP) is 5.31. The first-order valence-electron chi connectivity index (χ1n) is 6.45. The fourth-order valence-electron chi connectivity index (χ4n) is 2.10. The smallest absolute Gasteiger partial charge is 0.406 e. The van der Waals surface area contributed by atoms with E-state index in [0.717, 1.165) is 24.3 Å². The standard InChI is InChI=1S/C15H10ClF6NO/c16-9-3-6-11(12(7-9)14(17,18)19)13(23)8-1-4-10(5-2-8)24-15(20,21)22/h1-7,13H,23H2/t13-/m0/s1. The molecule has 0 amide bonds. The summed E-state index contributed by atoms with van der Waals surface area (Å²) in [4.78, 5) is 0. The minimum Gasteiger partial charge on any atom is -0.406 e. The van der Waals surface area contributed by atoms with Crippen LogP contribution in [0.1, 0.15) is 22.7 Å². The van der Waals surface area contributed by atoms with Crippen molar-refractivity contribution in [2.24, 2.45) is 5.73 Å². The van der Waals surface area contributed by atoms with Crippen molar-refractivity contribution in [1.29, 1.82) is 0 Å². The normalized spacial score (nSPS) is 13.7. The van der Waals surface area contributed by atoms with E-state index in [4.69, 9.17) is 17.3 Å². The molecule has 0 fully saturated rings. The molecule has 1 atom stereocenters. The van der Waals surface area contributed by atoms with Crippen LogP contribution >= 0.6 is 11.6 Å². The second kappa shape index (κ2) is 6.52. The molecule has 0 unspecified atom stereocenters. The largest absolute Gasteiger partial charge is 0.573 e. The van der Waals surface area contributed by atoms with E-state index in [1.807, 2.05) is 0 Å². The predicted molar refractivity (Wildman–Crippen MR) is 75.6 cm³/mol. The molecule has 130 valence electrons. The topological polar surface area (TPSA) is 35.2 Å². The van der Waals surface area contributed by atoms with E-state index in [-0.39, 0.29) is 16.1 Å². The van der Waals surface area contributed by atoms with E-state index in [2.05, 4.69) is 4.74 Å². The molecule has 0 spiro atoms. The van der Waals surface area contributed by atoms with Gasteiger partial charge in [0.25, 0.3) is 0 Å². The molecule has 0 radical (unpaired) electrons. The lowest BCUT2D eigenvalue weighted by atomic mass is 9.95. The average molecular weight is 370 g/mol. The van der Waals surface area contributed by atoms with Gasteiger partial charge in [-0.2, -0.15) is 13.2 Å². The van der Waals surface area contributed by atoms with Crippen LogP contribution in [0.2, 0.25) is 5.02 Å². The zero-order valence-corrected chi connectivity index (χ0v) is 12.5. The van der Waals surface area contributed by atoms with Gasteiger partial charge in [-0.25, -0.2) is 0 Å². The molecular formula is C15H10ClF6NO. The van der Waals surface area contributed by atoms with Crippen molar-refractivity contribution in [2.45, 2.75) is 18.6 Å². The lowest BCUT2D eigenvalue weighted by molar-refractivity contribution is -0.274. The number of benzene rings is 2. The lowest BCUT2D eigenvalue weighted by Crippen LogP contribution is -2.19. The summed E-state index contributed by atoms with van der Waals surface area (Å²) in [5.41, 5.74) is 4.79. The molecular weight excluding hydrogens is 360 g/mol. The van der Waals surface area contributed by atoms with Crippen molar-refractivity contribution >= 4 is 11.6 Å². The molecule has 9 heteroatoms. The van der Waals surface area contributed by atoms with Gasteiger partial charge in [-0.1, -0.05) is 29.8 Å². The first-order chi connectivity index (χ1) is 11.0. The number of nitrogens with two attached hydrogens (primary N) is 1. The Morgan fingerprint density at radius 3 is 2.00 bits per heavy atom. The van der Waals surface area contributed by atoms with Gasteiger partial charge >= 0.3 is 12.5 Å². The van der Waals surface area contributed by atoms with Crippen molar-refractivity contribution < 1.29 is 31.1 Å². The fraction of sp³-hybridized carbons (Fsp3) is 0.200. The summed E-state index contributed by atoms with van der Waals surface area (Å²) >= 11 is 5.59. The van der Waals surface area contributed by atoms with Crippen molar-refractivity contribution in [3.63, 3.8) is 0 Å². The minimum atomic E-state index is -4.86. The summed E-state index contributed by atoms with van der Waals surface area (Å²) in [7, 11) is 0. The number of alkyl halides is 6. The Balaban J connectivity index is 2.34. The number of ether oxygens (including phenoxy) is 1. The number of hydrogen-bond donors (Lipinski definition) is 1.